The number of anilines is 1. The fourth-order valence-electron chi connectivity index (χ4n) is 2.09. The maximum absolute atomic E-state index is 9.60. The lowest BCUT2D eigenvalue weighted by atomic mass is 9.98. The van der Waals surface area contributed by atoms with Gasteiger partial charge in [0, 0.05) is 17.3 Å². The Bertz CT molecular complexity index is 441. The highest BCUT2D eigenvalue weighted by molar-refractivity contribution is 6.30. The average Bonchev–Trinajstić information content (AvgIpc) is 2.46. The number of benzene rings is 1. The fourth-order valence-corrected chi connectivity index (χ4v) is 2.28. The van der Waals surface area contributed by atoms with Gasteiger partial charge < -0.3 is 15.4 Å². The zero-order chi connectivity index (χ0) is 16.4. The average molecular weight is 327 g/mol. The van der Waals surface area contributed by atoms with E-state index in [1.807, 2.05) is 39.0 Å². The number of piperidine rings is 1. The molecule has 0 saturated carbocycles. The van der Waals surface area contributed by atoms with Crippen LogP contribution >= 0.6 is 11.6 Å². The molecule has 0 aromatic heterocycles. The van der Waals surface area contributed by atoms with E-state index >= 15 is 0 Å². The van der Waals surface area contributed by atoms with Gasteiger partial charge in [-0.3, -0.25) is 4.79 Å². The van der Waals surface area contributed by atoms with Crippen molar-refractivity contribution in [2.75, 3.05) is 25.0 Å². The summed E-state index contributed by atoms with van der Waals surface area (Å²) < 4.78 is 4.55. The first-order chi connectivity index (χ1) is 10.4. The van der Waals surface area contributed by atoms with Crippen LogP contribution in [0.25, 0.3) is 0 Å². The predicted octanol–water partition coefficient (Wildman–Crippen LogP) is 3.71. The zero-order valence-electron chi connectivity index (χ0n) is 13.7. The van der Waals surface area contributed by atoms with E-state index in [0.29, 0.717) is 6.47 Å². The third-order valence-corrected chi connectivity index (χ3v) is 3.51. The van der Waals surface area contributed by atoms with Crippen LogP contribution in [0.4, 0.5) is 5.69 Å². The van der Waals surface area contributed by atoms with Crippen molar-refractivity contribution >= 4 is 23.8 Å². The molecule has 2 N–H and O–H groups in total. The van der Waals surface area contributed by atoms with Crippen LogP contribution in [0, 0.1) is 5.92 Å². The van der Waals surface area contributed by atoms with Gasteiger partial charge in [0.25, 0.3) is 6.47 Å². The SMILES string of the molecule is CC(C)(C)OC=O.Clc1cccc(NCC2CCNCC2)c1. The lowest BCUT2D eigenvalue weighted by Gasteiger charge is -2.23. The normalized spacial score (nSPS) is 15.5. The Morgan fingerprint density at radius 3 is 2.55 bits per heavy atom. The van der Waals surface area contributed by atoms with Gasteiger partial charge in [-0.05, 0) is 70.8 Å². The number of hydrogen-bond donors (Lipinski definition) is 2. The van der Waals surface area contributed by atoms with Gasteiger partial charge in [0.2, 0.25) is 0 Å². The molecule has 1 saturated heterocycles. The van der Waals surface area contributed by atoms with Crippen molar-refractivity contribution < 1.29 is 9.53 Å². The quantitative estimate of drug-likeness (QED) is 0.828. The Morgan fingerprint density at radius 1 is 1.36 bits per heavy atom. The van der Waals surface area contributed by atoms with Crippen molar-refractivity contribution in [3.05, 3.63) is 29.3 Å². The second-order valence-electron chi connectivity index (χ2n) is 6.41. The fraction of sp³-hybridized carbons (Fsp3) is 0.588. The van der Waals surface area contributed by atoms with Crippen LogP contribution in [-0.2, 0) is 9.53 Å². The molecule has 1 aromatic carbocycles. The number of rotatable bonds is 4. The summed E-state index contributed by atoms with van der Waals surface area (Å²) in [6.45, 7) is 9.29. The summed E-state index contributed by atoms with van der Waals surface area (Å²) in [7, 11) is 0. The molecule has 1 heterocycles. The van der Waals surface area contributed by atoms with E-state index in [1.165, 1.54) is 12.8 Å². The molecule has 1 fully saturated rings. The Morgan fingerprint density at radius 2 is 2.05 bits per heavy atom. The van der Waals surface area contributed by atoms with E-state index < -0.39 is 0 Å². The summed E-state index contributed by atoms with van der Waals surface area (Å²) in [5.74, 6) is 0.797. The molecule has 0 bridgehead atoms. The molecule has 22 heavy (non-hydrogen) atoms. The molecule has 0 amide bonds. The number of ether oxygens (including phenoxy) is 1. The first-order valence-electron chi connectivity index (χ1n) is 7.72. The minimum atomic E-state index is -0.318. The number of nitrogens with one attached hydrogen (secondary N) is 2. The molecule has 0 unspecified atom stereocenters. The van der Waals surface area contributed by atoms with Crippen LogP contribution < -0.4 is 10.6 Å². The van der Waals surface area contributed by atoms with Crippen molar-refractivity contribution in [2.24, 2.45) is 5.92 Å². The van der Waals surface area contributed by atoms with E-state index in [9.17, 15) is 4.79 Å². The number of carbonyl (C=O) groups is 1. The summed E-state index contributed by atoms with van der Waals surface area (Å²) in [6.07, 6.45) is 2.54. The molecule has 0 radical (unpaired) electrons. The molecule has 124 valence electrons. The molecular weight excluding hydrogens is 300 g/mol. The third kappa shape index (κ3) is 8.90. The Balaban J connectivity index is 0.000000295. The standard InChI is InChI=1S/C12H17ClN2.C5H10O2/c13-11-2-1-3-12(8-11)15-9-10-4-6-14-7-5-10;1-5(2,3)7-4-6/h1-3,8,10,14-15H,4-7,9H2;4H,1-3H3. The molecule has 0 atom stereocenters. The first kappa shape index (κ1) is 18.8. The van der Waals surface area contributed by atoms with Gasteiger partial charge in [0.05, 0.1) is 0 Å². The van der Waals surface area contributed by atoms with Gasteiger partial charge in [-0.15, -0.1) is 0 Å². The summed E-state index contributed by atoms with van der Waals surface area (Å²) in [4.78, 5) is 9.60. The van der Waals surface area contributed by atoms with E-state index in [2.05, 4.69) is 21.4 Å². The topological polar surface area (TPSA) is 50.4 Å². The highest BCUT2D eigenvalue weighted by Gasteiger charge is 2.12. The molecular formula is C17H27ClN2O2. The maximum atomic E-state index is 9.60. The van der Waals surface area contributed by atoms with Crippen molar-refractivity contribution in [1.82, 2.24) is 5.32 Å². The predicted molar refractivity (Wildman–Crippen MR) is 92.4 cm³/mol. The Hall–Kier alpha value is -1.26. The van der Waals surface area contributed by atoms with Crippen molar-refractivity contribution in [1.29, 1.82) is 0 Å². The smallest absolute Gasteiger partial charge is 0.293 e. The highest BCUT2D eigenvalue weighted by Crippen LogP contribution is 2.17. The highest BCUT2D eigenvalue weighted by atomic mass is 35.5. The number of halogens is 1. The van der Waals surface area contributed by atoms with Crippen LogP contribution in [0.3, 0.4) is 0 Å². The lowest BCUT2D eigenvalue weighted by Crippen LogP contribution is -2.31. The lowest BCUT2D eigenvalue weighted by molar-refractivity contribution is -0.138. The van der Waals surface area contributed by atoms with Gasteiger partial charge >= 0.3 is 0 Å². The van der Waals surface area contributed by atoms with Crippen LogP contribution in [0.5, 0.6) is 0 Å². The molecule has 1 aliphatic heterocycles. The van der Waals surface area contributed by atoms with Crippen LogP contribution in [-0.4, -0.2) is 31.7 Å². The summed E-state index contributed by atoms with van der Waals surface area (Å²) in [5.41, 5.74) is 0.808. The maximum Gasteiger partial charge on any atom is 0.293 e. The molecule has 0 aliphatic carbocycles. The summed E-state index contributed by atoms with van der Waals surface area (Å²) in [5, 5.41) is 7.61. The number of hydrogen-bond acceptors (Lipinski definition) is 4. The molecule has 4 nitrogen and oxygen atoms in total. The van der Waals surface area contributed by atoms with Gasteiger partial charge in [-0.2, -0.15) is 0 Å². The van der Waals surface area contributed by atoms with Gasteiger partial charge in [0.1, 0.15) is 5.60 Å². The molecule has 5 heteroatoms. The second-order valence-corrected chi connectivity index (χ2v) is 6.85. The second kappa shape index (κ2) is 9.70. The zero-order valence-corrected chi connectivity index (χ0v) is 14.5. The largest absolute Gasteiger partial charge is 0.462 e. The molecule has 0 spiro atoms. The molecule has 1 aromatic rings. The van der Waals surface area contributed by atoms with Gasteiger partial charge in [-0.1, -0.05) is 17.7 Å². The minimum Gasteiger partial charge on any atom is -0.462 e. The first-order valence-corrected chi connectivity index (χ1v) is 8.10. The van der Waals surface area contributed by atoms with Crippen LogP contribution in [0.2, 0.25) is 5.02 Å². The third-order valence-electron chi connectivity index (χ3n) is 3.28. The van der Waals surface area contributed by atoms with Crippen molar-refractivity contribution in [2.45, 2.75) is 39.2 Å². The number of carbonyl (C=O) groups excluding carboxylic acids is 1. The van der Waals surface area contributed by atoms with E-state index in [1.54, 1.807) is 0 Å². The molecule has 1 aliphatic rings. The van der Waals surface area contributed by atoms with Crippen molar-refractivity contribution in [3.8, 4) is 0 Å². The van der Waals surface area contributed by atoms with Crippen LogP contribution in [0.15, 0.2) is 24.3 Å². The van der Waals surface area contributed by atoms with Gasteiger partial charge in [0.15, 0.2) is 0 Å². The monoisotopic (exact) mass is 326 g/mol. The Kier molecular flexibility index (Phi) is 8.28. The van der Waals surface area contributed by atoms with Crippen molar-refractivity contribution in [3.63, 3.8) is 0 Å². The van der Waals surface area contributed by atoms with E-state index in [4.69, 9.17) is 11.6 Å². The van der Waals surface area contributed by atoms with Gasteiger partial charge in [-0.25, -0.2) is 0 Å². The van der Waals surface area contributed by atoms with E-state index in [-0.39, 0.29) is 5.60 Å². The summed E-state index contributed by atoms with van der Waals surface area (Å²) in [6, 6.07) is 7.92. The summed E-state index contributed by atoms with van der Waals surface area (Å²) >= 11 is 5.92. The van der Waals surface area contributed by atoms with Crippen LogP contribution in [0.1, 0.15) is 33.6 Å². The van der Waals surface area contributed by atoms with E-state index in [0.717, 1.165) is 36.3 Å². The minimum absolute atomic E-state index is 0.318. The Labute approximate surface area is 138 Å². The molecule has 2 rings (SSSR count).